The largest absolute Gasteiger partial charge is 0.444 e. The second kappa shape index (κ2) is 6.22. The van der Waals surface area contributed by atoms with Gasteiger partial charge in [-0.3, -0.25) is 4.79 Å². The molecule has 0 spiro atoms. The van der Waals surface area contributed by atoms with Gasteiger partial charge in [0.25, 0.3) is 0 Å². The van der Waals surface area contributed by atoms with Crippen molar-refractivity contribution in [2.45, 2.75) is 45.8 Å². The summed E-state index contributed by atoms with van der Waals surface area (Å²) in [5.41, 5.74) is -0.0966. The van der Waals surface area contributed by atoms with Crippen molar-refractivity contribution < 1.29 is 14.3 Å². The quantitative estimate of drug-likeness (QED) is 0.883. The third kappa shape index (κ3) is 3.34. The Morgan fingerprint density at radius 3 is 2.46 bits per heavy atom. The molecule has 1 aliphatic carbocycles. The summed E-state index contributed by atoms with van der Waals surface area (Å²) in [6.45, 7) is 10.7. The third-order valence-corrected chi connectivity index (χ3v) is 5.58. The van der Waals surface area contributed by atoms with E-state index >= 15 is 0 Å². The van der Waals surface area contributed by atoms with Gasteiger partial charge in [-0.2, -0.15) is 0 Å². The molecular weight excluding hydrogens is 356 g/mol. The monoisotopic (exact) mass is 384 g/mol. The van der Waals surface area contributed by atoms with E-state index in [4.69, 9.17) is 4.74 Å². The Hall–Kier alpha value is -2.57. The van der Waals surface area contributed by atoms with Crippen LogP contribution in [0.1, 0.15) is 40.4 Å². The number of aromatic nitrogens is 2. The Morgan fingerprint density at radius 2 is 1.82 bits per heavy atom. The van der Waals surface area contributed by atoms with E-state index in [1.807, 2.05) is 69.6 Å². The van der Waals surface area contributed by atoms with Gasteiger partial charge < -0.3 is 19.4 Å². The summed E-state index contributed by atoms with van der Waals surface area (Å²) in [5.74, 6) is 1.25. The summed E-state index contributed by atoms with van der Waals surface area (Å²) < 4.78 is 7.43. The van der Waals surface area contributed by atoms with Crippen LogP contribution in [-0.4, -0.2) is 45.0 Å². The zero-order valence-corrected chi connectivity index (χ0v) is 17.1. The molecule has 1 saturated heterocycles. The van der Waals surface area contributed by atoms with Gasteiger partial charge in [-0.25, -0.2) is 9.78 Å². The molecule has 2 fully saturated rings. The third-order valence-electron chi connectivity index (χ3n) is 5.58. The highest BCUT2D eigenvalue weighted by atomic mass is 16.6. The van der Waals surface area contributed by atoms with E-state index in [2.05, 4.69) is 10.3 Å². The maximum atomic E-state index is 12.9. The van der Waals surface area contributed by atoms with Crippen molar-refractivity contribution in [3.63, 3.8) is 0 Å². The van der Waals surface area contributed by atoms with E-state index in [0.717, 1.165) is 11.3 Å². The number of ether oxygens (including phenoxy) is 1. The molecule has 1 aliphatic heterocycles. The fourth-order valence-corrected chi connectivity index (χ4v) is 4.24. The lowest BCUT2D eigenvalue weighted by Gasteiger charge is -2.27. The second-order valence-corrected chi connectivity index (χ2v) is 9.43. The topological polar surface area (TPSA) is 75.9 Å². The van der Waals surface area contributed by atoms with Gasteiger partial charge in [0.05, 0.1) is 17.3 Å². The Bertz CT molecular complexity index is 915. The number of piperidine rings is 1. The lowest BCUT2D eigenvalue weighted by atomic mass is 10.0. The predicted molar refractivity (Wildman–Crippen MR) is 105 cm³/mol. The minimum atomic E-state index is -0.591. The summed E-state index contributed by atoms with van der Waals surface area (Å²) in [5, 5.41) is 3.17. The summed E-state index contributed by atoms with van der Waals surface area (Å²) in [4.78, 5) is 31.3. The van der Waals surface area contributed by atoms with Crippen molar-refractivity contribution in [1.29, 1.82) is 0 Å². The summed E-state index contributed by atoms with van der Waals surface area (Å²) in [7, 11) is 0. The van der Waals surface area contributed by atoms with Crippen molar-refractivity contribution >= 4 is 17.5 Å². The van der Waals surface area contributed by atoms with Crippen LogP contribution in [-0.2, 0) is 15.1 Å². The number of pyridine rings is 1. The van der Waals surface area contributed by atoms with Crippen molar-refractivity contribution in [1.82, 2.24) is 19.6 Å². The Balaban J connectivity index is 1.38. The zero-order valence-electron chi connectivity index (χ0n) is 17.1. The highest BCUT2D eigenvalue weighted by Gasteiger charge is 2.61. The molecule has 7 nitrogen and oxygen atoms in total. The molecule has 2 amide bonds. The van der Waals surface area contributed by atoms with Gasteiger partial charge in [-0.1, -0.05) is 6.07 Å². The Kier molecular flexibility index (Phi) is 4.17. The molecule has 2 aromatic heterocycles. The van der Waals surface area contributed by atoms with Crippen LogP contribution >= 0.6 is 0 Å². The Morgan fingerprint density at radius 1 is 1.14 bits per heavy atom. The maximum Gasteiger partial charge on any atom is 0.410 e. The van der Waals surface area contributed by atoms with Crippen LogP contribution in [0.25, 0.3) is 5.52 Å². The van der Waals surface area contributed by atoms with Crippen LogP contribution < -0.4 is 5.32 Å². The summed E-state index contributed by atoms with van der Waals surface area (Å²) in [6, 6.07) is 5.91. The van der Waals surface area contributed by atoms with Crippen LogP contribution in [0, 0.1) is 17.8 Å². The molecule has 2 atom stereocenters. The molecule has 2 unspecified atom stereocenters. The average Bonchev–Trinajstić information content (AvgIpc) is 2.96. The molecule has 4 rings (SSSR count). The van der Waals surface area contributed by atoms with Crippen LogP contribution in [0.3, 0.4) is 0 Å². The maximum absolute atomic E-state index is 12.9. The molecule has 2 aliphatic rings. The van der Waals surface area contributed by atoms with E-state index in [9.17, 15) is 9.59 Å². The van der Waals surface area contributed by atoms with E-state index in [1.54, 1.807) is 4.90 Å². The smallest absolute Gasteiger partial charge is 0.410 e. The molecule has 150 valence electrons. The van der Waals surface area contributed by atoms with E-state index in [-0.39, 0.29) is 29.8 Å². The van der Waals surface area contributed by atoms with Crippen molar-refractivity contribution in [3.05, 3.63) is 36.4 Å². The first-order valence-electron chi connectivity index (χ1n) is 9.79. The van der Waals surface area contributed by atoms with Gasteiger partial charge in [-0.15, -0.1) is 0 Å². The SMILES string of the molecule is CC(C)(C)OC(=O)N1CC2C(C1)C2C(=O)NC(C)(C)c1ncc2ccccn12. The van der Waals surface area contributed by atoms with Gasteiger partial charge in [-0.05, 0) is 58.6 Å². The first-order valence-corrected chi connectivity index (χ1v) is 9.79. The molecule has 2 aromatic rings. The summed E-state index contributed by atoms with van der Waals surface area (Å²) >= 11 is 0. The van der Waals surface area contributed by atoms with Crippen molar-refractivity contribution in [2.24, 2.45) is 17.8 Å². The fraction of sp³-hybridized carbons (Fsp3) is 0.571. The number of hydrogen-bond acceptors (Lipinski definition) is 4. The molecule has 0 bridgehead atoms. The Labute approximate surface area is 165 Å². The van der Waals surface area contributed by atoms with Crippen LogP contribution in [0.4, 0.5) is 4.79 Å². The number of amides is 2. The molecule has 0 aromatic carbocycles. The number of rotatable bonds is 3. The first kappa shape index (κ1) is 18.8. The fourth-order valence-electron chi connectivity index (χ4n) is 4.24. The summed E-state index contributed by atoms with van der Waals surface area (Å²) in [6.07, 6.45) is 3.48. The molecule has 3 heterocycles. The minimum absolute atomic E-state index is 0.0378. The van der Waals surface area contributed by atoms with Crippen LogP contribution in [0.15, 0.2) is 30.6 Å². The molecule has 7 heteroatoms. The molecule has 28 heavy (non-hydrogen) atoms. The lowest BCUT2D eigenvalue weighted by Crippen LogP contribution is -2.45. The first-order chi connectivity index (χ1) is 13.1. The number of fused-ring (bicyclic) bond motifs is 2. The van der Waals surface area contributed by atoms with Gasteiger partial charge >= 0.3 is 6.09 Å². The minimum Gasteiger partial charge on any atom is -0.444 e. The highest BCUT2D eigenvalue weighted by molar-refractivity contribution is 5.84. The number of hydrogen-bond donors (Lipinski definition) is 1. The number of likely N-dealkylation sites (tertiary alicyclic amines) is 1. The van der Waals surface area contributed by atoms with Gasteiger partial charge in [0.2, 0.25) is 5.91 Å². The lowest BCUT2D eigenvalue weighted by molar-refractivity contribution is -0.125. The number of nitrogens with zero attached hydrogens (tertiary/aromatic N) is 3. The number of imidazole rings is 1. The normalized spacial score (nSPS) is 24.2. The number of carbonyl (C=O) groups excluding carboxylic acids is 2. The molecule has 1 saturated carbocycles. The van der Waals surface area contributed by atoms with Crippen molar-refractivity contribution in [2.75, 3.05) is 13.1 Å². The van der Waals surface area contributed by atoms with Gasteiger partial charge in [0.15, 0.2) is 0 Å². The van der Waals surface area contributed by atoms with Crippen LogP contribution in [0.2, 0.25) is 0 Å². The number of carbonyl (C=O) groups is 2. The average molecular weight is 384 g/mol. The predicted octanol–water partition coefficient (Wildman–Crippen LogP) is 2.80. The number of nitrogens with one attached hydrogen (secondary N) is 1. The highest BCUT2D eigenvalue weighted by Crippen LogP contribution is 2.52. The molecular formula is C21H28N4O3. The van der Waals surface area contributed by atoms with Gasteiger partial charge in [0.1, 0.15) is 11.4 Å². The van der Waals surface area contributed by atoms with Crippen molar-refractivity contribution in [3.8, 4) is 0 Å². The van der Waals surface area contributed by atoms with E-state index in [0.29, 0.717) is 13.1 Å². The van der Waals surface area contributed by atoms with E-state index < -0.39 is 11.1 Å². The van der Waals surface area contributed by atoms with Crippen LogP contribution in [0.5, 0.6) is 0 Å². The second-order valence-electron chi connectivity index (χ2n) is 9.43. The molecule has 1 N–H and O–H groups in total. The van der Waals surface area contributed by atoms with E-state index in [1.165, 1.54) is 0 Å². The molecule has 0 radical (unpaired) electrons. The zero-order chi connectivity index (χ0) is 20.3. The van der Waals surface area contributed by atoms with Gasteiger partial charge in [0, 0.05) is 25.2 Å². The standard InChI is InChI=1S/C21H28N4O3/c1-20(2,3)28-19(27)24-11-14-15(12-24)16(14)17(26)23-21(4,5)18-22-10-13-8-6-7-9-25(13)18/h6-10,14-16H,11-12H2,1-5H3,(H,23,26).